The summed E-state index contributed by atoms with van der Waals surface area (Å²) in [5, 5.41) is 0. The Bertz CT molecular complexity index is 556. The Morgan fingerprint density at radius 2 is 1.77 bits per heavy atom. The fourth-order valence-electron chi connectivity index (χ4n) is 3.07. The van der Waals surface area contributed by atoms with Crippen molar-refractivity contribution in [1.82, 2.24) is 0 Å². The average Bonchev–Trinajstić information content (AvgIpc) is 2.89. The molecule has 1 unspecified atom stereocenters. The lowest BCUT2D eigenvalue weighted by atomic mass is 9.84. The van der Waals surface area contributed by atoms with Crippen molar-refractivity contribution in [3.63, 3.8) is 0 Å². The van der Waals surface area contributed by atoms with Crippen LogP contribution in [0, 0.1) is 5.82 Å². The third-order valence-electron chi connectivity index (χ3n) is 3.98. The highest BCUT2D eigenvalue weighted by Crippen LogP contribution is 2.44. The second-order valence-electron chi connectivity index (χ2n) is 6.94. The molecule has 22 heavy (non-hydrogen) atoms. The first-order valence-electron chi connectivity index (χ1n) is 7.79. The monoisotopic (exact) mass is 322 g/mol. The highest BCUT2D eigenvalue weighted by atomic mass is 28.4. The number of hydrogen-bond acceptors (Lipinski definition) is 3. The quantitative estimate of drug-likeness (QED) is 0.781. The highest BCUT2D eigenvalue weighted by molar-refractivity contribution is 6.70. The molecule has 1 aliphatic carbocycles. The zero-order valence-corrected chi connectivity index (χ0v) is 14.4. The molecule has 1 fully saturated rings. The van der Waals surface area contributed by atoms with Crippen molar-refractivity contribution in [3.8, 4) is 0 Å². The summed E-state index contributed by atoms with van der Waals surface area (Å²) in [7, 11) is -1.71. The maximum absolute atomic E-state index is 13.2. The van der Waals surface area contributed by atoms with E-state index in [0.29, 0.717) is 19.6 Å². The van der Waals surface area contributed by atoms with Crippen LogP contribution in [0.3, 0.4) is 0 Å². The van der Waals surface area contributed by atoms with Crippen LogP contribution in [0.4, 0.5) is 4.39 Å². The summed E-state index contributed by atoms with van der Waals surface area (Å²) < 4.78 is 31.2. The number of ether oxygens (including phenoxy) is 2. The van der Waals surface area contributed by atoms with Crippen molar-refractivity contribution < 1.29 is 18.3 Å². The van der Waals surface area contributed by atoms with Gasteiger partial charge in [0.15, 0.2) is 5.79 Å². The van der Waals surface area contributed by atoms with Crippen LogP contribution in [-0.4, -0.2) is 27.3 Å². The Morgan fingerprint density at radius 1 is 1.14 bits per heavy atom. The van der Waals surface area contributed by atoms with E-state index in [9.17, 15) is 4.39 Å². The Kier molecular flexibility index (Phi) is 4.14. The van der Waals surface area contributed by atoms with Crippen molar-refractivity contribution in [3.05, 3.63) is 47.5 Å². The van der Waals surface area contributed by atoms with Crippen molar-refractivity contribution in [1.29, 1.82) is 0 Å². The normalized spacial score (nSPS) is 24.4. The van der Waals surface area contributed by atoms with Crippen LogP contribution < -0.4 is 0 Å². The van der Waals surface area contributed by atoms with E-state index in [0.717, 1.165) is 17.7 Å². The average molecular weight is 322 g/mol. The van der Waals surface area contributed by atoms with Gasteiger partial charge in [0, 0.05) is 18.8 Å². The molecule has 3 rings (SSSR count). The number of benzene rings is 1. The molecule has 2 aliphatic rings. The molecule has 0 bridgehead atoms. The molecule has 1 spiro atoms. The molecule has 0 radical (unpaired) electrons. The Labute approximate surface area is 132 Å². The lowest BCUT2D eigenvalue weighted by molar-refractivity contribution is -0.166. The molecule has 0 N–H and O–H groups in total. The largest absolute Gasteiger partial charge is 0.547 e. The molecule has 1 aromatic carbocycles. The van der Waals surface area contributed by atoms with E-state index < -0.39 is 14.1 Å². The van der Waals surface area contributed by atoms with E-state index in [1.165, 1.54) is 12.1 Å². The first-order valence-corrected chi connectivity index (χ1v) is 11.2. The van der Waals surface area contributed by atoms with E-state index in [1.807, 2.05) is 12.1 Å². The lowest BCUT2D eigenvalue weighted by Crippen LogP contribution is -2.37. The van der Waals surface area contributed by atoms with E-state index in [1.54, 1.807) is 0 Å². The predicted molar refractivity (Wildman–Crippen MR) is 85.5 cm³/mol. The summed E-state index contributed by atoms with van der Waals surface area (Å²) in [6, 6.07) is 6.66. The maximum Gasteiger partial charge on any atom is 0.241 e. The molecule has 0 saturated carbocycles. The first-order chi connectivity index (χ1) is 10.4. The van der Waals surface area contributed by atoms with Crippen molar-refractivity contribution in [2.24, 2.45) is 0 Å². The van der Waals surface area contributed by atoms with E-state index in [4.69, 9.17) is 13.9 Å². The summed E-state index contributed by atoms with van der Waals surface area (Å²) in [5.74, 6) is 0.277. The molecule has 5 heteroatoms. The molecule has 1 saturated heterocycles. The summed E-state index contributed by atoms with van der Waals surface area (Å²) in [5.41, 5.74) is 1.05. The summed E-state index contributed by atoms with van der Waals surface area (Å²) in [6.07, 6.45) is 3.53. The van der Waals surface area contributed by atoms with Crippen molar-refractivity contribution in [2.75, 3.05) is 13.2 Å². The minimum Gasteiger partial charge on any atom is -0.547 e. The maximum atomic E-state index is 13.2. The zero-order valence-electron chi connectivity index (χ0n) is 13.4. The summed E-state index contributed by atoms with van der Waals surface area (Å²) in [6.45, 7) is 7.77. The fraction of sp³-hybridized carbons (Fsp3) is 0.529. The van der Waals surface area contributed by atoms with E-state index in [-0.39, 0.29) is 11.7 Å². The van der Waals surface area contributed by atoms with E-state index >= 15 is 0 Å². The molecular formula is C17H23FO3Si. The number of allylic oxidation sites excluding steroid dienone is 1. The minimum absolute atomic E-state index is 0.0548. The molecule has 1 aromatic rings. The Balaban J connectivity index is 1.91. The Morgan fingerprint density at radius 3 is 2.36 bits per heavy atom. The molecule has 0 aromatic heterocycles. The van der Waals surface area contributed by atoms with Gasteiger partial charge < -0.3 is 13.9 Å². The van der Waals surface area contributed by atoms with Gasteiger partial charge in [-0.25, -0.2) is 4.39 Å². The third kappa shape index (κ3) is 3.42. The van der Waals surface area contributed by atoms with Gasteiger partial charge in [0.05, 0.1) is 19.0 Å². The van der Waals surface area contributed by atoms with Gasteiger partial charge in [0.1, 0.15) is 5.82 Å². The molecule has 1 atom stereocenters. The van der Waals surface area contributed by atoms with Crippen LogP contribution >= 0.6 is 0 Å². The third-order valence-corrected chi connectivity index (χ3v) is 4.83. The Hall–Kier alpha value is -1.17. The number of halogens is 1. The highest BCUT2D eigenvalue weighted by Gasteiger charge is 2.43. The van der Waals surface area contributed by atoms with Gasteiger partial charge in [0.2, 0.25) is 8.32 Å². The van der Waals surface area contributed by atoms with Crippen molar-refractivity contribution >= 4 is 8.32 Å². The van der Waals surface area contributed by atoms with Gasteiger partial charge in [-0.3, -0.25) is 0 Å². The van der Waals surface area contributed by atoms with Gasteiger partial charge >= 0.3 is 0 Å². The van der Waals surface area contributed by atoms with E-state index in [2.05, 4.69) is 25.7 Å². The lowest BCUT2D eigenvalue weighted by Gasteiger charge is -2.38. The predicted octanol–water partition coefficient (Wildman–Crippen LogP) is 4.18. The minimum atomic E-state index is -1.71. The molecular weight excluding hydrogens is 299 g/mol. The second kappa shape index (κ2) is 5.79. The number of hydrogen-bond donors (Lipinski definition) is 0. The molecule has 3 nitrogen and oxygen atoms in total. The topological polar surface area (TPSA) is 27.7 Å². The number of rotatable bonds is 3. The van der Waals surface area contributed by atoms with Gasteiger partial charge in [-0.2, -0.15) is 0 Å². The molecule has 0 amide bonds. The van der Waals surface area contributed by atoms with Crippen LogP contribution in [-0.2, 0) is 13.9 Å². The fourth-order valence-corrected chi connectivity index (χ4v) is 4.00. The van der Waals surface area contributed by atoms with Crippen LogP contribution in [0.15, 0.2) is 36.1 Å². The first kappa shape index (κ1) is 15.7. The second-order valence-corrected chi connectivity index (χ2v) is 11.4. The summed E-state index contributed by atoms with van der Waals surface area (Å²) >= 11 is 0. The van der Waals surface area contributed by atoms with Crippen LogP contribution in [0.25, 0.3) is 0 Å². The van der Waals surface area contributed by atoms with Crippen LogP contribution in [0.1, 0.15) is 24.3 Å². The smallest absolute Gasteiger partial charge is 0.241 e. The SMILES string of the molecule is C[Si](C)(C)OC1=CCC2(CC1c1ccc(F)cc1)OCCO2. The summed E-state index contributed by atoms with van der Waals surface area (Å²) in [4.78, 5) is 0. The molecule has 1 aliphatic heterocycles. The van der Waals surface area contributed by atoms with Crippen LogP contribution in [0.5, 0.6) is 0 Å². The van der Waals surface area contributed by atoms with Gasteiger partial charge in [-0.1, -0.05) is 12.1 Å². The van der Waals surface area contributed by atoms with Crippen LogP contribution in [0.2, 0.25) is 19.6 Å². The standard InChI is InChI=1S/C17H23FO3Si/c1-22(2,3)21-16-8-9-17(19-10-11-20-17)12-15(16)13-4-6-14(18)7-5-13/h4-8,15H,9-12H2,1-3H3. The molecule has 1 heterocycles. The van der Waals surface area contributed by atoms with Gasteiger partial charge in [-0.15, -0.1) is 0 Å². The van der Waals surface area contributed by atoms with Crippen molar-refractivity contribution in [2.45, 2.75) is 44.2 Å². The van der Waals surface area contributed by atoms with Gasteiger partial charge in [-0.05, 0) is 43.4 Å². The zero-order chi connectivity index (χ0) is 15.8. The van der Waals surface area contributed by atoms with Gasteiger partial charge in [0.25, 0.3) is 0 Å². The molecule has 120 valence electrons.